The largest absolute Gasteiger partial charge is 0.465 e. The number of urea groups is 1. The van der Waals surface area contributed by atoms with Crippen molar-refractivity contribution < 1.29 is 42.3 Å². The third-order valence-electron chi connectivity index (χ3n) is 11.3. The number of rotatable bonds is 12. The van der Waals surface area contributed by atoms with Crippen LogP contribution >= 0.6 is 0 Å². The number of nitrogens with one attached hydrogen (secondary N) is 4. The minimum atomic E-state index is -2.46. The number of aryl methyl sites for hydroxylation is 1. The Hall–Kier alpha value is -5.81. The number of benzene rings is 2. The number of nitrogens with zero attached hydrogens (tertiary/aromatic N) is 3. The summed E-state index contributed by atoms with van der Waals surface area (Å²) >= 11 is 0. The van der Waals surface area contributed by atoms with Crippen molar-refractivity contribution in [3.05, 3.63) is 106 Å². The van der Waals surface area contributed by atoms with Crippen LogP contribution in [0.2, 0.25) is 16.6 Å². The van der Waals surface area contributed by atoms with Crippen molar-refractivity contribution in [2.75, 3.05) is 20.8 Å². The number of amides is 4. The Kier molecular flexibility index (Phi) is 16.0. The summed E-state index contributed by atoms with van der Waals surface area (Å²) in [6, 6.07) is 15.9. The first-order valence-electron chi connectivity index (χ1n) is 20.7. The number of carbonyl (C=O) groups is 5. The van der Waals surface area contributed by atoms with E-state index in [-0.39, 0.29) is 72.5 Å². The molecule has 16 nitrogen and oxygen atoms in total. The maximum Gasteiger partial charge on any atom is 0.342 e. The monoisotopic (exact) mass is 857 g/mol. The first-order valence-corrected chi connectivity index (χ1v) is 22.9. The summed E-state index contributed by atoms with van der Waals surface area (Å²) in [7, 11) is -0.163. The Labute approximate surface area is 358 Å². The van der Waals surface area contributed by atoms with Gasteiger partial charge < -0.3 is 39.6 Å². The van der Waals surface area contributed by atoms with E-state index in [0.29, 0.717) is 12.1 Å². The van der Waals surface area contributed by atoms with E-state index in [9.17, 15) is 24.0 Å². The number of methoxy groups -OCH3 is 2. The highest BCUT2D eigenvalue weighted by Crippen LogP contribution is 2.42. The van der Waals surface area contributed by atoms with Gasteiger partial charge in [0.15, 0.2) is 8.32 Å². The number of furan rings is 1. The van der Waals surface area contributed by atoms with E-state index in [0.717, 1.165) is 25.3 Å². The maximum atomic E-state index is 14.3. The van der Waals surface area contributed by atoms with Gasteiger partial charge in [-0.15, -0.1) is 5.10 Å². The first kappa shape index (κ1) is 46.3. The number of hydrogen-bond acceptors (Lipinski definition) is 11. The topological polar surface area (TPSA) is 205 Å². The molecule has 1 aliphatic heterocycles. The number of aromatic nitrogens is 3. The molecule has 3 heterocycles. The van der Waals surface area contributed by atoms with Crippen molar-refractivity contribution in [2.45, 2.75) is 115 Å². The van der Waals surface area contributed by atoms with Crippen molar-refractivity contribution in [3.63, 3.8) is 0 Å². The quantitative estimate of drug-likeness (QED) is 0.103. The molecule has 3 atom stereocenters. The van der Waals surface area contributed by atoms with Gasteiger partial charge in [-0.3, -0.25) is 14.3 Å². The van der Waals surface area contributed by atoms with E-state index in [2.05, 4.69) is 73.1 Å². The Morgan fingerprint density at radius 1 is 0.803 bits per heavy atom. The van der Waals surface area contributed by atoms with Gasteiger partial charge in [0.05, 0.1) is 52.2 Å². The Morgan fingerprint density at radius 3 is 1.98 bits per heavy atom. The highest BCUT2D eigenvalue weighted by atomic mass is 28.4. The zero-order chi connectivity index (χ0) is 44.3. The van der Waals surface area contributed by atoms with E-state index in [1.807, 2.05) is 60.7 Å². The van der Waals surface area contributed by atoms with E-state index in [4.69, 9.17) is 18.3 Å². The van der Waals surface area contributed by atoms with Gasteiger partial charge in [0.25, 0.3) is 5.91 Å². The SMILES string of the molecule is COC(=O)c1c2oc(c1C(=O)OC)C(=O)N[C@H](Cc1ccccc1)Cn1cc(nn1)CNC(=O)[C@H](Cc1ccccc1)NC(=O)N[C@@H](CO[Si](C(C)C)(C(C)C)C(C)C)CC2. The molecule has 0 saturated carbocycles. The molecule has 0 unspecified atom stereocenters. The molecular weight excluding hydrogens is 799 g/mol. The molecule has 4 amide bonds. The lowest BCUT2D eigenvalue weighted by Crippen LogP contribution is -2.55. The number of esters is 2. The van der Waals surface area contributed by atoms with Crippen molar-refractivity contribution in [1.82, 2.24) is 36.3 Å². The molecule has 0 fully saturated rings. The average molecular weight is 858 g/mol. The van der Waals surface area contributed by atoms with Crippen molar-refractivity contribution >= 4 is 38.1 Å². The zero-order valence-electron chi connectivity index (χ0n) is 36.3. The van der Waals surface area contributed by atoms with Crippen LogP contribution in [0.1, 0.15) is 102 Å². The predicted octanol–water partition coefficient (Wildman–Crippen LogP) is 5.52. The highest BCUT2D eigenvalue weighted by molar-refractivity contribution is 6.77. The van der Waals surface area contributed by atoms with Gasteiger partial charge in [0.2, 0.25) is 11.7 Å². The summed E-state index contributed by atoms with van der Waals surface area (Å²) in [5.41, 5.74) is 2.25. The molecule has 0 saturated heterocycles. The Morgan fingerprint density at radius 2 is 1.39 bits per heavy atom. The molecule has 1 aliphatic rings. The van der Waals surface area contributed by atoms with Crippen LogP contribution in [-0.4, -0.2) is 92.0 Å². The molecule has 0 radical (unpaired) electrons. The van der Waals surface area contributed by atoms with Crippen LogP contribution in [0.4, 0.5) is 4.79 Å². The molecule has 0 aliphatic carbocycles. The van der Waals surface area contributed by atoms with Gasteiger partial charge in [0, 0.05) is 12.8 Å². The zero-order valence-corrected chi connectivity index (χ0v) is 37.3. The molecule has 17 heteroatoms. The lowest BCUT2D eigenvalue weighted by atomic mass is 10.0. The summed E-state index contributed by atoms with van der Waals surface area (Å²) in [5.74, 6) is -3.53. The molecule has 4 bridgehead atoms. The maximum absolute atomic E-state index is 14.3. The molecular formula is C44H59N7O9Si. The van der Waals surface area contributed by atoms with Crippen LogP contribution in [0.15, 0.2) is 71.3 Å². The molecule has 4 N–H and O–H groups in total. The predicted molar refractivity (Wildman–Crippen MR) is 229 cm³/mol. The van der Waals surface area contributed by atoms with Gasteiger partial charge in [0.1, 0.15) is 28.6 Å². The van der Waals surface area contributed by atoms with Gasteiger partial charge >= 0.3 is 18.0 Å². The lowest BCUT2D eigenvalue weighted by Gasteiger charge is -2.43. The van der Waals surface area contributed by atoms with Gasteiger partial charge in [-0.05, 0) is 40.6 Å². The van der Waals surface area contributed by atoms with Gasteiger partial charge in [-0.1, -0.05) is 107 Å². The van der Waals surface area contributed by atoms with Crippen LogP contribution in [0.25, 0.3) is 0 Å². The number of fused-ring (bicyclic) bond motifs is 4. The second-order valence-electron chi connectivity index (χ2n) is 16.3. The summed E-state index contributed by atoms with van der Waals surface area (Å²) < 4.78 is 24.9. The third-order valence-corrected chi connectivity index (χ3v) is 17.3. The molecule has 2 aromatic carbocycles. The molecule has 0 spiro atoms. The summed E-state index contributed by atoms with van der Waals surface area (Å²) in [6.07, 6.45) is 2.32. The van der Waals surface area contributed by atoms with E-state index >= 15 is 0 Å². The normalized spacial score (nSPS) is 18.2. The van der Waals surface area contributed by atoms with Crippen molar-refractivity contribution in [3.8, 4) is 0 Å². The summed E-state index contributed by atoms with van der Waals surface area (Å²) in [5, 5.41) is 20.3. The van der Waals surface area contributed by atoms with Crippen LogP contribution in [0.3, 0.4) is 0 Å². The van der Waals surface area contributed by atoms with Crippen LogP contribution < -0.4 is 21.3 Å². The Bertz CT molecular complexity index is 2100. The average Bonchev–Trinajstić information content (AvgIpc) is 3.85. The van der Waals surface area contributed by atoms with Gasteiger partial charge in [-0.2, -0.15) is 0 Å². The lowest BCUT2D eigenvalue weighted by molar-refractivity contribution is -0.123. The smallest absolute Gasteiger partial charge is 0.342 e. The minimum absolute atomic E-state index is 0.0130. The molecule has 5 rings (SSSR count). The fourth-order valence-electron chi connectivity index (χ4n) is 8.47. The van der Waals surface area contributed by atoms with Crippen LogP contribution in [0.5, 0.6) is 0 Å². The molecule has 4 aromatic rings. The summed E-state index contributed by atoms with van der Waals surface area (Å²) in [6.45, 7) is 13.2. The number of hydrogen-bond donors (Lipinski definition) is 4. The summed E-state index contributed by atoms with van der Waals surface area (Å²) in [4.78, 5) is 69.0. The Balaban J connectivity index is 1.60. The molecule has 2 aromatic heterocycles. The fraction of sp³-hybridized carbons (Fsp3) is 0.477. The van der Waals surface area contributed by atoms with Gasteiger partial charge in [-0.25, -0.2) is 14.4 Å². The highest BCUT2D eigenvalue weighted by Gasteiger charge is 2.45. The van der Waals surface area contributed by atoms with E-state index in [1.54, 1.807) is 6.20 Å². The molecule has 328 valence electrons. The third kappa shape index (κ3) is 11.5. The second kappa shape index (κ2) is 21.1. The van der Waals surface area contributed by atoms with Crippen LogP contribution in [0, 0.1) is 0 Å². The standard InChI is InChI=1S/C44H59N7O9Si/c1-27(2)61(28(3)4,29(5)6)59-26-32-19-20-36-37(42(54)57-7)38(43(55)58-8)39(60-36)41(53)46-33(21-30-15-11-9-12-16-30)24-51-25-34(49-50-51)23-45-40(52)35(48-44(56)47-32)22-31-17-13-10-14-18-31/h9-18,25,27-29,32-33,35H,19-24,26H2,1-8H3,(H,45,52)(H,46,53)(H2,47,48,56)/t32-,33-,35+/m1/s1. The number of carbonyl (C=O) groups excluding carboxylic acids is 5. The first-order chi connectivity index (χ1) is 29.2. The van der Waals surface area contributed by atoms with Crippen LogP contribution in [-0.2, 0) is 51.0 Å². The molecule has 61 heavy (non-hydrogen) atoms. The van der Waals surface area contributed by atoms with E-state index < -0.39 is 62.0 Å². The number of ether oxygens (including phenoxy) is 2. The minimum Gasteiger partial charge on any atom is -0.465 e. The van der Waals surface area contributed by atoms with E-state index in [1.165, 1.54) is 4.68 Å². The van der Waals surface area contributed by atoms with Crippen molar-refractivity contribution in [2.24, 2.45) is 0 Å². The second-order valence-corrected chi connectivity index (χ2v) is 21.8. The fourth-order valence-corrected chi connectivity index (χ4v) is 14.0. The van der Waals surface area contributed by atoms with Crippen molar-refractivity contribution in [1.29, 1.82) is 0 Å².